The fourth-order valence-corrected chi connectivity index (χ4v) is 10.5. The number of para-hydroxylation sites is 2. The van der Waals surface area contributed by atoms with Gasteiger partial charge in [-0.1, -0.05) is 178 Å². The van der Waals surface area contributed by atoms with E-state index >= 15 is 0 Å². The molecule has 3 aromatic heterocycles. The van der Waals surface area contributed by atoms with Crippen LogP contribution in [0.1, 0.15) is 25.0 Å². The highest BCUT2D eigenvalue weighted by Gasteiger charge is 2.38. The molecule has 0 aliphatic heterocycles. The van der Waals surface area contributed by atoms with Crippen LogP contribution in [-0.4, -0.2) is 24.1 Å². The van der Waals surface area contributed by atoms with Crippen LogP contribution >= 0.6 is 0 Å². The number of benzene rings is 9. The van der Waals surface area contributed by atoms with Crippen molar-refractivity contribution in [1.29, 1.82) is 0 Å². The quantitative estimate of drug-likeness (QED) is 0.174. The summed E-state index contributed by atoms with van der Waals surface area (Å²) in [5, 5.41) is 7.14. The molecular formula is C58H39N5. The maximum atomic E-state index is 5.19. The van der Waals surface area contributed by atoms with Crippen LogP contribution in [0.15, 0.2) is 200 Å². The lowest BCUT2D eigenvalue weighted by Crippen LogP contribution is -2.16. The van der Waals surface area contributed by atoms with Gasteiger partial charge in [0.15, 0.2) is 17.5 Å². The summed E-state index contributed by atoms with van der Waals surface area (Å²) < 4.78 is 4.98. The van der Waals surface area contributed by atoms with Gasteiger partial charge in [-0.05, 0) is 64.0 Å². The summed E-state index contributed by atoms with van der Waals surface area (Å²) in [5.41, 5.74) is 14.9. The molecule has 12 aromatic rings. The first kappa shape index (κ1) is 35.6. The minimum Gasteiger partial charge on any atom is -0.309 e. The van der Waals surface area contributed by atoms with Crippen molar-refractivity contribution in [2.24, 2.45) is 0 Å². The van der Waals surface area contributed by atoms with Crippen LogP contribution < -0.4 is 0 Å². The highest BCUT2D eigenvalue weighted by Crippen LogP contribution is 2.53. The van der Waals surface area contributed by atoms with Gasteiger partial charge < -0.3 is 9.13 Å². The Morgan fingerprint density at radius 2 is 0.889 bits per heavy atom. The smallest absolute Gasteiger partial charge is 0.164 e. The molecule has 3 heterocycles. The summed E-state index contributed by atoms with van der Waals surface area (Å²) in [5.74, 6) is 1.92. The first-order valence-corrected chi connectivity index (χ1v) is 21.6. The normalized spacial score (nSPS) is 13.0. The SMILES string of the molecule is CC1(C)c2ccccc2-c2ccc3c4ccc(-n5c6ccccc6c6ccccc65)cc4n(-c4ccc(-c5nc(-c6ccccc6)nc(-c6ccccc6)n5)c5ccccc45)c3c21. The molecule has 0 saturated carbocycles. The van der Waals surface area contributed by atoms with Crippen LogP contribution in [0.4, 0.5) is 0 Å². The summed E-state index contributed by atoms with van der Waals surface area (Å²) in [6, 6.07) is 71.8. The fraction of sp³-hybridized carbons (Fsp3) is 0.0517. The Hall–Kier alpha value is -8.15. The van der Waals surface area contributed by atoms with Gasteiger partial charge in [-0.25, -0.2) is 15.0 Å². The van der Waals surface area contributed by atoms with Crippen molar-refractivity contribution >= 4 is 54.4 Å². The van der Waals surface area contributed by atoms with Crippen molar-refractivity contribution < 1.29 is 0 Å². The van der Waals surface area contributed by atoms with Gasteiger partial charge >= 0.3 is 0 Å². The molecule has 0 N–H and O–H groups in total. The molecule has 296 valence electrons. The number of hydrogen-bond donors (Lipinski definition) is 0. The molecule has 63 heavy (non-hydrogen) atoms. The zero-order valence-electron chi connectivity index (χ0n) is 34.8. The largest absolute Gasteiger partial charge is 0.309 e. The van der Waals surface area contributed by atoms with E-state index in [2.05, 4.69) is 187 Å². The van der Waals surface area contributed by atoms with Gasteiger partial charge in [-0.3, -0.25) is 0 Å². The average molecular weight is 806 g/mol. The Morgan fingerprint density at radius 1 is 0.365 bits per heavy atom. The lowest BCUT2D eigenvalue weighted by Gasteiger charge is -2.24. The van der Waals surface area contributed by atoms with Crippen molar-refractivity contribution in [3.8, 4) is 56.7 Å². The first-order valence-electron chi connectivity index (χ1n) is 21.6. The molecular weight excluding hydrogens is 767 g/mol. The highest BCUT2D eigenvalue weighted by molar-refractivity contribution is 6.16. The topological polar surface area (TPSA) is 48.5 Å². The number of fused-ring (bicyclic) bond motifs is 11. The van der Waals surface area contributed by atoms with E-state index < -0.39 is 0 Å². The van der Waals surface area contributed by atoms with Gasteiger partial charge in [0.1, 0.15) is 0 Å². The van der Waals surface area contributed by atoms with E-state index in [1.165, 1.54) is 60.3 Å². The van der Waals surface area contributed by atoms with Crippen LogP contribution in [0.2, 0.25) is 0 Å². The van der Waals surface area contributed by atoms with E-state index in [0.717, 1.165) is 44.4 Å². The van der Waals surface area contributed by atoms with Gasteiger partial charge in [0, 0.05) is 54.7 Å². The molecule has 0 atom stereocenters. The van der Waals surface area contributed by atoms with Crippen molar-refractivity contribution in [1.82, 2.24) is 24.1 Å². The number of rotatable bonds is 5. The molecule has 0 fully saturated rings. The van der Waals surface area contributed by atoms with Crippen molar-refractivity contribution in [2.45, 2.75) is 19.3 Å². The summed E-state index contributed by atoms with van der Waals surface area (Å²) in [7, 11) is 0. The van der Waals surface area contributed by atoms with E-state index in [1.54, 1.807) is 0 Å². The van der Waals surface area contributed by atoms with Gasteiger partial charge in [0.25, 0.3) is 0 Å². The molecule has 0 radical (unpaired) electrons. The Kier molecular flexibility index (Phi) is 7.58. The Labute approximate surface area is 364 Å². The summed E-state index contributed by atoms with van der Waals surface area (Å²) >= 11 is 0. The van der Waals surface area contributed by atoms with E-state index in [4.69, 9.17) is 15.0 Å². The predicted octanol–water partition coefficient (Wildman–Crippen LogP) is 14.5. The molecule has 5 nitrogen and oxygen atoms in total. The molecule has 0 bridgehead atoms. The fourth-order valence-electron chi connectivity index (χ4n) is 10.5. The molecule has 0 unspecified atom stereocenters. The zero-order chi connectivity index (χ0) is 41.8. The maximum absolute atomic E-state index is 5.19. The Bertz CT molecular complexity index is 3710. The molecule has 5 heteroatoms. The first-order chi connectivity index (χ1) is 31.0. The standard InChI is InChI=1S/C58H39N5/c1-58(2)48-26-14-11-22-40(48)45-31-32-46-44-30-29-38(62-49-27-15-12-24-42(49)43-25-13-16-28-50(43)62)35-52(44)63(54(46)53(45)58)51-34-33-47(39-21-9-10-23-41(39)51)57-60-55(36-17-5-3-6-18-36)59-56(61-57)37-19-7-4-8-20-37/h3-35H,1-2H3. The minimum absolute atomic E-state index is 0.241. The lowest BCUT2D eigenvalue weighted by molar-refractivity contribution is 0.664. The van der Waals surface area contributed by atoms with Gasteiger partial charge in [-0.15, -0.1) is 0 Å². The summed E-state index contributed by atoms with van der Waals surface area (Å²) in [4.78, 5) is 15.4. The molecule has 9 aromatic carbocycles. The van der Waals surface area contributed by atoms with E-state index in [0.29, 0.717) is 17.5 Å². The molecule has 13 rings (SSSR count). The predicted molar refractivity (Wildman–Crippen MR) is 260 cm³/mol. The monoisotopic (exact) mass is 805 g/mol. The van der Waals surface area contributed by atoms with E-state index in [1.807, 2.05) is 36.4 Å². The second kappa shape index (κ2) is 13.4. The van der Waals surface area contributed by atoms with Crippen LogP contribution in [0.3, 0.4) is 0 Å². The van der Waals surface area contributed by atoms with E-state index in [-0.39, 0.29) is 5.41 Å². The van der Waals surface area contributed by atoms with Gasteiger partial charge in [0.05, 0.1) is 27.8 Å². The molecule has 1 aliphatic carbocycles. The molecule has 0 spiro atoms. The maximum Gasteiger partial charge on any atom is 0.164 e. The number of hydrogen-bond acceptors (Lipinski definition) is 3. The molecule has 0 saturated heterocycles. The van der Waals surface area contributed by atoms with Gasteiger partial charge in [-0.2, -0.15) is 0 Å². The van der Waals surface area contributed by atoms with Crippen LogP contribution in [0, 0.1) is 0 Å². The Morgan fingerprint density at radius 3 is 1.57 bits per heavy atom. The highest BCUT2D eigenvalue weighted by atomic mass is 15.0. The Balaban J connectivity index is 1.12. The van der Waals surface area contributed by atoms with Crippen molar-refractivity contribution in [3.63, 3.8) is 0 Å². The number of aromatic nitrogens is 5. The molecule has 1 aliphatic rings. The van der Waals surface area contributed by atoms with Crippen LogP contribution in [0.25, 0.3) is 111 Å². The third-order valence-electron chi connectivity index (χ3n) is 13.4. The van der Waals surface area contributed by atoms with Crippen molar-refractivity contribution in [3.05, 3.63) is 211 Å². The summed E-state index contributed by atoms with van der Waals surface area (Å²) in [6.07, 6.45) is 0. The van der Waals surface area contributed by atoms with E-state index in [9.17, 15) is 0 Å². The minimum atomic E-state index is -0.241. The third-order valence-corrected chi connectivity index (χ3v) is 13.4. The van der Waals surface area contributed by atoms with Crippen LogP contribution in [0.5, 0.6) is 0 Å². The number of nitrogens with zero attached hydrogens (tertiary/aromatic N) is 5. The molecule has 0 amide bonds. The van der Waals surface area contributed by atoms with Crippen molar-refractivity contribution in [2.75, 3.05) is 0 Å². The second-order valence-electron chi connectivity index (χ2n) is 17.2. The zero-order valence-corrected chi connectivity index (χ0v) is 34.8. The average Bonchev–Trinajstić information content (AvgIpc) is 3.94. The third kappa shape index (κ3) is 5.20. The lowest BCUT2D eigenvalue weighted by atomic mass is 9.81. The van der Waals surface area contributed by atoms with Crippen LogP contribution in [-0.2, 0) is 5.41 Å². The second-order valence-corrected chi connectivity index (χ2v) is 17.2. The summed E-state index contributed by atoms with van der Waals surface area (Å²) in [6.45, 7) is 4.78. The van der Waals surface area contributed by atoms with Gasteiger partial charge in [0.2, 0.25) is 0 Å².